The molecule has 1 aromatic rings. The van der Waals surface area contributed by atoms with Gasteiger partial charge in [-0.15, -0.1) is 0 Å². The molecule has 0 spiro atoms. The molecule has 20 heavy (non-hydrogen) atoms. The molecule has 0 radical (unpaired) electrons. The van der Waals surface area contributed by atoms with Gasteiger partial charge in [0.2, 0.25) is 0 Å². The normalized spacial score (nSPS) is 18.4. The standard InChI is InChI=1S/C15H19NO4/c1-15(2,3)20-14(19)16-8-10-6-4-5-7-11(10)12(9-16)13(17)18/h4-7,12H,8-9H2,1-3H3,(H,17,18)/t12-/m1/s1. The van der Waals surface area contributed by atoms with Crippen molar-refractivity contribution >= 4 is 12.1 Å². The lowest BCUT2D eigenvalue weighted by Crippen LogP contribution is -2.43. The highest BCUT2D eigenvalue weighted by Gasteiger charge is 2.34. The Balaban J connectivity index is 2.24. The number of carbonyl (C=O) groups excluding carboxylic acids is 1. The lowest BCUT2D eigenvalue weighted by molar-refractivity contribution is -0.139. The van der Waals surface area contributed by atoms with E-state index in [0.717, 1.165) is 11.1 Å². The van der Waals surface area contributed by atoms with E-state index in [-0.39, 0.29) is 6.54 Å². The summed E-state index contributed by atoms with van der Waals surface area (Å²) < 4.78 is 5.31. The van der Waals surface area contributed by atoms with Gasteiger partial charge in [-0.05, 0) is 31.9 Å². The molecule has 0 bridgehead atoms. The first-order valence-electron chi connectivity index (χ1n) is 6.56. The second kappa shape index (κ2) is 5.15. The van der Waals surface area contributed by atoms with Gasteiger partial charge >= 0.3 is 12.1 Å². The van der Waals surface area contributed by atoms with Crippen LogP contribution < -0.4 is 0 Å². The van der Waals surface area contributed by atoms with Crippen molar-refractivity contribution in [1.29, 1.82) is 0 Å². The number of aliphatic carboxylic acids is 1. The maximum atomic E-state index is 12.1. The van der Waals surface area contributed by atoms with Gasteiger partial charge < -0.3 is 14.7 Å². The first-order valence-corrected chi connectivity index (χ1v) is 6.56. The highest BCUT2D eigenvalue weighted by atomic mass is 16.6. The third kappa shape index (κ3) is 3.10. The number of amides is 1. The second-order valence-corrected chi connectivity index (χ2v) is 5.95. The number of benzene rings is 1. The molecule has 0 aromatic heterocycles. The Hall–Kier alpha value is -2.04. The first-order chi connectivity index (χ1) is 9.28. The molecule has 1 amide bonds. The Morgan fingerprint density at radius 3 is 2.55 bits per heavy atom. The van der Waals surface area contributed by atoms with Crippen LogP contribution in [0.4, 0.5) is 4.79 Å². The SMILES string of the molecule is CC(C)(C)OC(=O)N1Cc2ccccc2[C@H](C(=O)O)C1. The minimum Gasteiger partial charge on any atom is -0.481 e. The number of rotatable bonds is 1. The van der Waals surface area contributed by atoms with E-state index in [1.54, 1.807) is 26.8 Å². The van der Waals surface area contributed by atoms with Crippen molar-refractivity contribution in [2.75, 3.05) is 6.54 Å². The van der Waals surface area contributed by atoms with Crippen molar-refractivity contribution in [3.8, 4) is 0 Å². The molecule has 0 unspecified atom stereocenters. The van der Waals surface area contributed by atoms with Crippen molar-refractivity contribution < 1.29 is 19.4 Å². The molecule has 1 aromatic carbocycles. The fourth-order valence-corrected chi connectivity index (χ4v) is 2.28. The zero-order chi connectivity index (χ0) is 14.9. The van der Waals surface area contributed by atoms with E-state index in [1.807, 2.05) is 18.2 Å². The van der Waals surface area contributed by atoms with Crippen LogP contribution >= 0.6 is 0 Å². The van der Waals surface area contributed by atoms with Crippen LogP contribution in [0.5, 0.6) is 0 Å². The number of carbonyl (C=O) groups is 2. The Labute approximate surface area is 118 Å². The summed E-state index contributed by atoms with van der Waals surface area (Å²) in [5.74, 6) is -1.63. The summed E-state index contributed by atoms with van der Waals surface area (Å²) in [5.41, 5.74) is 1.05. The molecule has 0 saturated heterocycles. The highest BCUT2D eigenvalue weighted by Crippen LogP contribution is 2.29. The van der Waals surface area contributed by atoms with Crippen molar-refractivity contribution in [1.82, 2.24) is 4.90 Å². The van der Waals surface area contributed by atoms with Crippen molar-refractivity contribution in [2.24, 2.45) is 0 Å². The third-order valence-electron chi connectivity index (χ3n) is 3.14. The maximum Gasteiger partial charge on any atom is 0.410 e. The Morgan fingerprint density at radius 1 is 1.30 bits per heavy atom. The minimum absolute atomic E-state index is 0.140. The molecule has 0 fully saturated rings. The van der Waals surface area contributed by atoms with Crippen LogP contribution in [0.2, 0.25) is 0 Å². The Kier molecular flexibility index (Phi) is 3.70. The quantitative estimate of drug-likeness (QED) is 0.856. The van der Waals surface area contributed by atoms with Crippen molar-refractivity contribution in [3.63, 3.8) is 0 Å². The number of nitrogens with zero attached hydrogens (tertiary/aromatic N) is 1. The number of hydrogen-bond acceptors (Lipinski definition) is 3. The van der Waals surface area contributed by atoms with E-state index in [1.165, 1.54) is 4.90 Å². The number of carboxylic acids is 1. The molecule has 0 aliphatic carbocycles. The molecule has 1 heterocycles. The van der Waals surface area contributed by atoms with Gasteiger partial charge in [0.05, 0.1) is 5.92 Å². The van der Waals surface area contributed by atoms with Gasteiger partial charge in [-0.3, -0.25) is 4.79 Å². The molecule has 1 aliphatic heterocycles. The Bertz CT molecular complexity index is 533. The predicted octanol–water partition coefficient (Wildman–Crippen LogP) is 2.61. The Morgan fingerprint density at radius 2 is 1.95 bits per heavy atom. The number of fused-ring (bicyclic) bond motifs is 1. The number of carboxylic acid groups (broad SMARTS) is 1. The van der Waals surface area contributed by atoms with Crippen LogP contribution in [-0.2, 0) is 16.1 Å². The van der Waals surface area contributed by atoms with Gasteiger partial charge in [0.1, 0.15) is 5.60 Å². The predicted molar refractivity (Wildman–Crippen MR) is 73.5 cm³/mol. The van der Waals surface area contributed by atoms with Crippen LogP contribution in [0.3, 0.4) is 0 Å². The van der Waals surface area contributed by atoms with E-state index < -0.39 is 23.6 Å². The third-order valence-corrected chi connectivity index (χ3v) is 3.14. The average molecular weight is 277 g/mol. The van der Waals surface area contributed by atoms with Gasteiger partial charge in [0, 0.05) is 13.1 Å². The zero-order valence-corrected chi connectivity index (χ0v) is 11.9. The summed E-state index contributed by atoms with van der Waals surface area (Å²) in [5, 5.41) is 9.34. The summed E-state index contributed by atoms with van der Waals surface area (Å²) in [6.45, 7) is 5.89. The van der Waals surface area contributed by atoms with Gasteiger partial charge in [0.25, 0.3) is 0 Å². The number of ether oxygens (including phenoxy) is 1. The van der Waals surface area contributed by atoms with Crippen molar-refractivity contribution in [3.05, 3.63) is 35.4 Å². The van der Waals surface area contributed by atoms with E-state index in [9.17, 15) is 14.7 Å². The summed E-state index contributed by atoms with van der Waals surface area (Å²) in [6.07, 6.45) is -0.474. The largest absolute Gasteiger partial charge is 0.481 e. The summed E-state index contributed by atoms with van der Waals surface area (Å²) in [4.78, 5) is 24.9. The van der Waals surface area contributed by atoms with Gasteiger partial charge in [-0.1, -0.05) is 24.3 Å². The van der Waals surface area contributed by atoms with Crippen LogP contribution in [-0.4, -0.2) is 34.2 Å². The summed E-state index contributed by atoms with van der Waals surface area (Å²) in [6, 6.07) is 7.32. The number of hydrogen-bond donors (Lipinski definition) is 1. The van der Waals surface area contributed by atoms with E-state index in [0.29, 0.717) is 6.54 Å². The fraction of sp³-hybridized carbons (Fsp3) is 0.467. The maximum absolute atomic E-state index is 12.1. The summed E-state index contributed by atoms with van der Waals surface area (Å²) >= 11 is 0. The van der Waals surface area contributed by atoms with E-state index in [2.05, 4.69) is 0 Å². The molecule has 0 saturated carbocycles. The van der Waals surface area contributed by atoms with Crippen LogP contribution in [0.25, 0.3) is 0 Å². The zero-order valence-electron chi connectivity index (χ0n) is 11.9. The highest BCUT2D eigenvalue weighted by molar-refractivity contribution is 5.79. The molecule has 2 rings (SSSR count). The minimum atomic E-state index is -0.925. The molecule has 5 nitrogen and oxygen atoms in total. The first kappa shape index (κ1) is 14.4. The lowest BCUT2D eigenvalue weighted by Gasteiger charge is -2.34. The average Bonchev–Trinajstić information content (AvgIpc) is 2.35. The molecule has 1 N–H and O–H groups in total. The monoisotopic (exact) mass is 277 g/mol. The van der Waals surface area contributed by atoms with Gasteiger partial charge in [-0.25, -0.2) is 4.79 Å². The second-order valence-electron chi connectivity index (χ2n) is 5.95. The molecule has 108 valence electrons. The van der Waals surface area contributed by atoms with Gasteiger partial charge in [0.15, 0.2) is 0 Å². The van der Waals surface area contributed by atoms with Crippen LogP contribution in [0, 0.1) is 0 Å². The molecule has 1 aliphatic rings. The van der Waals surface area contributed by atoms with Crippen LogP contribution in [0.1, 0.15) is 37.8 Å². The fourth-order valence-electron chi connectivity index (χ4n) is 2.28. The van der Waals surface area contributed by atoms with Crippen molar-refractivity contribution in [2.45, 2.75) is 38.8 Å². The summed E-state index contributed by atoms with van der Waals surface area (Å²) in [7, 11) is 0. The lowest BCUT2D eigenvalue weighted by atomic mass is 9.90. The molecule has 1 atom stereocenters. The molecular weight excluding hydrogens is 258 g/mol. The van der Waals surface area contributed by atoms with E-state index >= 15 is 0 Å². The molecular formula is C15H19NO4. The smallest absolute Gasteiger partial charge is 0.410 e. The topological polar surface area (TPSA) is 66.8 Å². The van der Waals surface area contributed by atoms with E-state index in [4.69, 9.17) is 4.74 Å². The van der Waals surface area contributed by atoms with Crippen LogP contribution in [0.15, 0.2) is 24.3 Å². The van der Waals surface area contributed by atoms with Gasteiger partial charge in [-0.2, -0.15) is 0 Å². The molecule has 5 heteroatoms.